The second-order valence-corrected chi connectivity index (χ2v) is 12.1. The molecule has 2 saturated heterocycles. The Kier molecular flexibility index (Phi) is 8.26. The Morgan fingerprint density at radius 2 is 1.87 bits per heavy atom. The average Bonchev–Trinajstić information content (AvgIpc) is 3.55. The molecule has 3 heterocycles. The lowest BCUT2D eigenvalue weighted by atomic mass is 9.74. The van der Waals surface area contributed by atoms with Gasteiger partial charge in [-0.15, -0.1) is 0 Å². The number of likely N-dealkylation sites (N-methyl/N-ethyl adjacent to an activating group) is 1. The van der Waals surface area contributed by atoms with E-state index in [-0.39, 0.29) is 23.8 Å². The topological polar surface area (TPSA) is 91.0 Å². The predicted molar refractivity (Wildman–Crippen MR) is 149 cm³/mol. The molecule has 3 amide bonds. The van der Waals surface area contributed by atoms with Gasteiger partial charge in [0.25, 0.3) is 0 Å². The Balaban J connectivity index is 1.39. The van der Waals surface area contributed by atoms with Crippen LogP contribution in [0, 0.1) is 11.8 Å². The summed E-state index contributed by atoms with van der Waals surface area (Å²) >= 11 is 3.42. The van der Waals surface area contributed by atoms with Crippen molar-refractivity contribution in [3.8, 4) is 0 Å². The second kappa shape index (κ2) is 11.5. The van der Waals surface area contributed by atoms with Gasteiger partial charge in [-0.2, -0.15) is 0 Å². The molecule has 3 fully saturated rings. The average molecular weight is 588 g/mol. The highest BCUT2D eigenvalue weighted by atomic mass is 79.9. The Hall–Kier alpha value is -2.23. The largest absolute Gasteiger partial charge is 0.359 e. The van der Waals surface area contributed by atoms with E-state index in [4.69, 9.17) is 4.74 Å². The third-order valence-corrected chi connectivity index (χ3v) is 9.13. The molecule has 2 N–H and O–H groups in total. The summed E-state index contributed by atoms with van der Waals surface area (Å²) in [4.78, 5) is 45.4. The van der Waals surface area contributed by atoms with Crippen molar-refractivity contribution in [2.24, 2.45) is 11.8 Å². The maximum atomic E-state index is 14.0. The first kappa shape index (κ1) is 27.3. The normalized spacial score (nSPS) is 30.2. The quantitative estimate of drug-likeness (QED) is 0.408. The first-order valence-corrected chi connectivity index (χ1v) is 14.9. The van der Waals surface area contributed by atoms with Gasteiger partial charge in [0, 0.05) is 29.3 Å². The van der Waals surface area contributed by atoms with E-state index < -0.39 is 29.6 Å². The number of amides is 3. The van der Waals surface area contributed by atoms with Crippen molar-refractivity contribution < 1.29 is 19.1 Å². The van der Waals surface area contributed by atoms with E-state index >= 15 is 0 Å². The highest BCUT2D eigenvalue weighted by Gasteiger charge is 2.72. The fraction of sp³-hybridized carbons (Fsp3) is 0.621. The van der Waals surface area contributed by atoms with Gasteiger partial charge in [0.1, 0.15) is 11.6 Å². The SMILES string of the molecule is CCCCN(C)CCN1C(=O)C2C(C(=O)Nc3ccc(Br)cc3)C3C=CC2(O3)C1C(=O)NC1CCCCC1. The number of hydrogen-bond donors (Lipinski definition) is 2. The molecule has 1 aromatic carbocycles. The maximum Gasteiger partial charge on any atom is 0.246 e. The number of nitrogens with one attached hydrogen (secondary N) is 2. The number of nitrogens with zero attached hydrogens (tertiary/aromatic N) is 2. The van der Waals surface area contributed by atoms with Crippen LogP contribution in [0.4, 0.5) is 5.69 Å². The molecular weight excluding hydrogens is 548 g/mol. The molecule has 3 aliphatic heterocycles. The Morgan fingerprint density at radius 3 is 2.58 bits per heavy atom. The number of fused-ring (bicyclic) bond motifs is 1. The van der Waals surface area contributed by atoms with Crippen molar-refractivity contribution in [3.05, 3.63) is 40.9 Å². The number of ether oxygens (including phenoxy) is 1. The molecule has 5 unspecified atom stereocenters. The standard InChI is InChI=1S/C29H39BrN4O4/c1-3-4-16-33(2)17-18-34-25(27(36)32-20-8-6-5-7-9-20)29-15-14-22(38-29)23(24(29)28(34)37)26(35)31-21-12-10-19(30)11-13-21/h10-15,20,22-25H,3-9,16-18H2,1-2H3,(H,31,35)(H,32,36). The Bertz CT molecular complexity index is 1070. The smallest absolute Gasteiger partial charge is 0.246 e. The van der Waals surface area contributed by atoms with Crippen LogP contribution in [0.5, 0.6) is 0 Å². The van der Waals surface area contributed by atoms with E-state index in [2.05, 4.69) is 38.4 Å². The molecule has 1 spiro atoms. The van der Waals surface area contributed by atoms with E-state index in [1.54, 1.807) is 4.90 Å². The number of carbonyl (C=O) groups excluding carboxylic acids is 3. The first-order chi connectivity index (χ1) is 18.3. The van der Waals surface area contributed by atoms with Gasteiger partial charge in [0.2, 0.25) is 17.7 Å². The molecule has 206 valence electrons. The number of halogens is 1. The molecular formula is C29H39BrN4O4. The van der Waals surface area contributed by atoms with Crippen LogP contribution in [0.1, 0.15) is 51.9 Å². The van der Waals surface area contributed by atoms with Crippen molar-refractivity contribution in [1.29, 1.82) is 0 Å². The number of anilines is 1. The van der Waals surface area contributed by atoms with Gasteiger partial charge in [-0.25, -0.2) is 0 Å². The van der Waals surface area contributed by atoms with Crippen LogP contribution in [-0.4, -0.2) is 78.0 Å². The lowest BCUT2D eigenvalue weighted by Crippen LogP contribution is -2.57. The second-order valence-electron chi connectivity index (χ2n) is 11.2. The number of unbranched alkanes of at least 4 members (excludes halogenated alkanes) is 1. The van der Waals surface area contributed by atoms with Gasteiger partial charge in [0.15, 0.2) is 0 Å². The Labute approximate surface area is 233 Å². The van der Waals surface area contributed by atoms with Gasteiger partial charge >= 0.3 is 0 Å². The number of benzene rings is 1. The summed E-state index contributed by atoms with van der Waals surface area (Å²) in [6, 6.07) is 6.69. The third kappa shape index (κ3) is 5.17. The summed E-state index contributed by atoms with van der Waals surface area (Å²) in [5.74, 6) is -2.00. The van der Waals surface area contributed by atoms with Gasteiger partial charge in [0.05, 0.1) is 17.9 Å². The summed E-state index contributed by atoms with van der Waals surface area (Å²) in [5, 5.41) is 6.22. The van der Waals surface area contributed by atoms with Gasteiger partial charge < -0.3 is 25.2 Å². The molecule has 5 rings (SSSR count). The fourth-order valence-electron chi connectivity index (χ4n) is 6.61. The lowest BCUT2D eigenvalue weighted by molar-refractivity contribution is -0.141. The van der Waals surface area contributed by atoms with Crippen LogP contribution in [0.15, 0.2) is 40.9 Å². The van der Waals surface area contributed by atoms with E-state index in [0.717, 1.165) is 49.5 Å². The zero-order valence-electron chi connectivity index (χ0n) is 22.3. The van der Waals surface area contributed by atoms with E-state index in [1.165, 1.54) is 6.42 Å². The monoisotopic (exact) mass is 586 g/mol. The number of rotatable bonds is 10. The molecule has 4 aliphatic rings. The van der Waals surface area contributed by atoms with Crippen molar-refractivity contribution >= 4 is 39.3 Å². The summed E-state index contributed by atoms with van der Waals surface area (Å²) in [6.45, 7) is 4.17. The minimum absolute atomic E-state index is 0.120. The highest BCUT2D eigenvalue weighted by molar-refractivity contribution is 9.10. The molecule has 1 saturated carbocycles. The molecule has 2 bridgehead atoms. The van der Waals surface area contributed by atoms with Crippen LogP contribution in [0.2, 0.25) is 0 Å². The molecule has 9 heteroatoms. The van der Waals surface area contributed by atoms with Crippen LogP contribution in [-0.2, 0) is 19.1 Å². The Morgan fingerprint density at radius 1 is 1.13 bits per heavy atom. The van der Waals surface area contributed by atoms with E-state index in [0.29, 0.717) is 18.8 Å². The minimum Gasteiger partial charge on any atom is -0.359 e. The van der Waals surface area contributed by atoms with Crippen LogP contribution in [0.3, 0.4) is 0 Å². The predicted octanol–water partition coefficient (Wildman–Crippen LogP) is 3.72. The van der Waals surface area contributed by atoms with E-state index in [9.17, 15) is 14.4 Å². The molecule has 1 aliphatic carbocycles. The van der Waals surface area contributed by atoms with Crippen molar-refractivity contribution in [2.45, 2.75) is 75.7 Å². The maximum absolute atomic E-state index is 14.0. The van der Waals surface area contributed by atoms with Crippen molar-refractivity contribution in [2.75, 3.05) is 32.0 Å². The minimum atomic E-state index is -1.12. The summed E-state index contributed by atoms with van der Waals surface area (Å²) < 4.78 is 7.37. The lowest BCUT2D eigenvalue weighted by Gasteiger charge is -2.34. The van der Waals surface area contributed by atoms with Gasteiger partial charge in [-0.05, 0) is 57.1 Å². The third-order valence-electron chi connectivity index (χ3n) is 8.60. The molecule has 0 radical (unpaired) electrons. The molecule has 8 nitrogen and oxygen atoms in total. The molecule has 38 heavy (non-hydrogen) atoms. The number of likely N-dealkylation sites (tertiary alicyclic amines) is 1. The zero-order chi connectivity index (χ0) is 26.9. The number of carbonyl (C=O) groups is 3. The van der Waals surface area contributed by atoms with Gasteiger partial charge in [-0.1, -0.05) is 60.7 Å². The summed E-state index contributed by atoms with van der Waals surface area (Å²) in [5.41, 5.74) is -0.463. The van der Waals surface area contributed by atoms with Crippen LogP contribution >= 0.6 is 15.9 Å². The highest BCUT2D eigenvalue weighted by Crippen LogP contribution is 2.55. The van der Waals surface area contributed by atoms with Crippen molar-refractivity contribution in [1.82, 2.24) is 15.1 Å². The molecule has 1 aromatic rings. The van der Waals surface area contributed by atoms with Crippen molar-refractivity contribution in [3.63, 3.8) is 0 Å². The molecule has 0 aromatic heterocycles. The fourth-order valence-corrected chi connectivity index (χ4v) is 6.88. The van der Waals surface area contributed by atoms with Crippen LogP contribution < -0.4 is 10.6 Å². The first-order valence-electron chi connectivity index (χ1n) is 14.1. The summed E-state index contributed by atoms with van der Waals surface area (Å²) in [6.07, 6.45) is 10.7. The van der Waals surface area contributed by atoms with Crippen LogP contribution in [0.25, 0.3) is 0 Å². The number of hydrogen-bond acceptors (Lipinski definition) is 5. The summed E-state index contributed by atoms with van der Waals surface area (Å²) in [7, 11) is 2.04. The molecule has 5 atom stereocenters. The van der Waals surface area contributed by atoms with Gasteiger partial charge in [-0.3, -0.25) is 14.4 Å². The zero-order valence-corrected chi connectivity index (χ0v) is 23.9. The van der Waals surface area contributed by atoms with E-state index in [1.807, 2.05) is 43.5 Å².